The molecule has 230 valence electrons. The number of anilines is 1. The van der Waals surface area contributed by atoms with Crippen LogP contribution in [0.3, 0.4) is 0 Å². The average Bonchev–Trinajstić information content (AvgIpc) is 2.97. The van der Waals surface area contributed by atoms with Crippen molar-refractivity contribution in [2.45, 2.75) is 52.2 Å². The van der Waals surface area contributed by atoms with E-state index in [0.717, 1.165) is 22.2 Å². The second-order valence-electron chi connectivity index (χ2n) is 10.4. The Morgan fingerprint density at radius 2 is 1.70 bits per heavy atom. The predicted octanol–water partition coefficient (Wildman–Crippen LogP) is 4.23. The number of rotatable bonds is 14. The zero-order chi connectivity index (χ0) is 31.7. The number of nitrogens with zero attached hydrogens (tertiary/aromatic N) is 3. The van der Waals surface area contributed by atoms with Gasteiger partial charge in [-0.25, -0.2) is 8.42 Å². The molecular weight excluding hydrogens is 572 g/mol. The van der Waals surface area contributed by atoms with Gasteiger partial charge >= 0.3 is 0 Å². The normalized spacial score (nSPS) is 12.6. The zero-order valence-corrected chi connectivity index (χ0v) is 25.8. The number of ether oxygens (including phenoxy) is 1. The SMILES string of the molecule is CC[C@H](C)NC(=O)[C@@H](Cc1ccccc1)N(Cc1cccc(OC)c1)C(=O)CN(c1cc([N+](=O)[O-])ccc1C)S(C)(=O)=O. The van der Waals surface area contributed by atoms with Gasteiger partial charge in [-0.2, -0.15) is 0 Å². The van der Waals surface area contributed by atoms with Crippen LogP contribution in [0.1, 0.15) is 37.0 Å². The predicted molar refractivity (Wildman–Crippen MR) is 165 cm³/mol. The van der Waals surface area contributed by atoms with Crippen molar-refractivity contribution in [3.8, 4) is 5.75 Å². The van der Waals surface area contributed by atoms with E-state index in [0.29, 0.717) is 23.3 Å². The summed E-state index contributed by atoms with van der Waals surface area (Å²) in [6, 6.07) is 18.9. The highest BCUT2D eigenvalue weighted by atomic mass is 32.2. The Labute approximate surface area is 252 Å². The number of nitro benzene ring substituents is 1. The fourth-order valence-electron chi connectivity index (χ4n) is 4.54. The largest absolute Gasteiger partial charge is 0.497 e. The van der Waals surface area contributed by atoms with E-state index in [4.69, 9.17) is 4.74 Å². The minimum Gasteiger partial charge on any atom is -0.497 e. The summed E-state index contributed by atoms with van der Waals surface area (Å²) in [5, 5.41) is 14.5. The summed E-state index contributed by atoms with van der Waals surface area (Å²) in [4.78, 5) is 40.2. The van der Waals surface area contributed by atoms with Crippen LogP contribution < -0.4 is 14.4 Å². The minimum absolute atomic E-state index is 0.00930. The quantitative estimate of drug-likeness (QED) is 0.213. The van der Waals surface area contributed by atoms with Gasteiger partial charge in [0.1, 0.15) is 18.3 Å². The Morgan fingerprint density at radius 1 is 1.02 bits per heavy atom. The van der Waals surface area contributed by atoms with Gasteiger partial charge in [0.2, 0.25) is 21.8 Å². The summed E-state index contributed by atoms with van der Waals surface area (Å²) in [7, 11) is -2.56. The van der Waals surface area contributed by atoms with Gasteiger partial charge in [0.15, 0.2) is 0 Å². The molecule has 0 heterocycles. The van der Waals surface area contributed by atoms with Gasteiger partial charge in [0.25, 0.3) is 5.69 Å². The van der Waals surface area contributed by atoms with Crippen LogP contribution in [0.2, 0.25) is 0 Å². The first-order valence-corrected chi connectivity index (χ1v) is 15.7. The van der Waals surface area contributed by atoms with E-state index in [-0.39, 0.29) is 36.3 Å². The molecule has 0 saturated heterocycles. The second-order valence-corrected chi connectivity index (χ2v) is 12.3. The molecule has 0 aliphatic heterocycles. The topological polar surface area (TPSA) is 139 Å². The smallest absolute Gasteiger partial charge is 0.271 e. The molecule has 3 aromatic rings. The first-order chi connectivity index (χ1) is 20.3. The Kier molecular flexibility index (Phi) is 11.2. The van der Waals surface area contributed by atoms with Crippen LogP contribution in [0.25, 0.3) is 0 Å². The number of carbonyl (C=O) groups is 2. The number of nitrogens with one attached hydrogen (secondary N) is 1. The molecule has 2 amide bonds. The molecule has 0 aliphatic carbocycles. The fourth-order valence-corrected chi connectivity index (χ4v) is 5.44. The maximum atomic E-state index is 14.2. The standard InChI is InChI=1S/C31H38N4O7S/c1-6-23(3)32-31(37)29(18-24-11-8-7-9-12-24)33(20-25-13-10-14-27(17-25)42-4)30(36)21-34(43(5,40)41)28-19-26(35(38)39)16-15-22(28)2/h7-17,19,23,29H,6,18,20-21H2,1-5H3,(H,32,37)/t23-,29+/m0/s1. The van der Waals surface area contributed by atoms with Crippen molar-refractivity contribution in [3.05, 3.63) is 99.6 Å². The molecule has 1 N–H and O–H groups in total. The molecule has 43 heavy (non-hydrogen) atoms. The number of benzene rings is 3. The van der Waals surface area contributed by atoms with Crippen LogP contribution in [-0.2, 0) is 32.6 Å². The number of carbonyl (C=O) groups excluding carboxylic acids is 2. The number of non-ortho nitro benzene ring substituents is 1. The van der Waals surface area contributed by atoms with Crippen LogP contribution >= 0.6 is 0 Å². The lowest BCUT2D eigenvalue weighted by molar-refractivity contribution is -0.384. The molecule has 0 unspecified atom stereocenters. The van der Waals surface area contributed by atoms with E-state index < -0.39 is 33.4 Å². The molecule has 0 spiro atoms. The lowest BCUT2D eigenvalue weighted by Gasteiger charge is -2.34. The number of hydrogen-bond acceptors (Lipinski definition) is 7. The van der Waals surface area contributed by atoms with Crippen LogP contribution in [-0.4, -0.2) is 62.0 Å². The monoisotopic (exact) mass is 610 g/mol. The summed E-state index contributed by atoms with van der Waals surface area (Å²) in [5.74, 6) is -0.482. The van der Waals surface area contributed by atoms with E-state index in [1.807, 2.05) is 44.2 Å². The molecule has 3 rings (SSSR count). The van der Waals surface area contributed by atoms with Crippen molar-refractivity contribution in [3.63, 3.8) is 0 Å². The van der Waals surface area contributed by atoms with Crippen molar-refractivity contribution in [2.24, 2.45) is 0 Å². The van der Waals surface area contributed by atoms with Crippen molar-refractivity contribution in [1.82, 2.24) is 10.2 Å². The molecule has 0 aromatic heterocycles. The molecule has 0 bridgehead atoms. The van der Waals surface area contributed by atoms with E-state index in [1.165, 1.54) is 24.1 Å². The summed E-state index contributed by atoms with van der Waals surface area (Å²) in [5.41, 5.74) is 1.60. The summed E-state index contributed by atoms with van der Waals surface area (Å²) in [6.07, 6.45) is 1.77. The number of methoxy groups -OCH3 is 1. The minimum atomic E-state index is -4.08. The number of nitro groups is 1. The lowest BCUT2D eigenvalue weighted by atomic mass is 10.0. The van der Waals surface area contributed by atoms with Gasteiger partial charge in [0.05, 0.1) is 24.0 Å². The molecule has 3 aromatic carbocycles. The van der Waals surface area contributed by atoms with Crippen LogP contribution in [0.15, 0.2) is 72.8 Å². The van der Waals surface area contributed by atoms with Crippen LogP contribution in [0.5, 0.6) is 5.75 Å². The van der Waals surface area contributed by atoms with Crippen LogP contribution in [0.4, 0.5) is 11.4 Å². The molecule has 0 aliphatic rings. The van der Waals surface area contributed by atoms with Gasteiger partial charge in [-0.3, -0.25) is 24.0 Å². The van der Waals surface area contributed by atoms with Crippen molar-refractivity contribution < 1.29 is 27.7 Å². The Bertz CT molecular complexity index is 1550. The third-order valence-corrected chi connectivity index (χ3v) is 8.24. The Morgan fingerprint density at radius 3 is 2.30 bits per heavy atom. The van der Waals surface area contributed by atoms with Gasteiger partial charge in [-0.15, -0.1) is 0 Å². The fraction of sp³-hybridized carbons (Fsp3) is 0.355. The lowest BCUT2D eigenvalue weighted by Crippen LogP contribution is -2.54. The molecule has 12 heteroatoms. The van der Waals surface area contributed by atoms with Gasteiger partial charge in [-0.05, 0) is 49.1 Å². The zero-order valence-electron chi connectivity index (χ0n) is 25.0. The summed E-state index contributed by atoms with van der Waals surface area (Å²) in [6.45, 7) is 4.71. The molecular formula is C31H38N4O7S. The highest BCUT2D eigenvalue weighted by Gasteiger charge is 2.34. The van der Waals surface area contributed by atoms with Crippen molar-refractivity contribution in [2.75, 3.05) is 24.2 Å². The van der Waals surface area contributed by atoms with Crippen molar-refractivity contribution >= 4 is 33.2 Å². The van der Waals surface area contributed by atoms with Gasteiger partial charge in [0, 0.05) is 31.1 Å². The maximum absolute atomic E-state index is 14.2. The average molecular weight is 611 g/mol. The van der Waals surface area contributed by atoms with E-state index >= 15 is 0 Å². The van der Waals surface area contributed by atoms with E-state index in [9.17, 15) is 28.1 Å². The third kappa shape index (κ3) is 9.02. The van der Waals surface area contributed by atoms with Crippen molar-refractivity contribution in [1.29, 1.82) is 0 Å². The molecule has 0 saturated carbocycles. The highest BCUT2D eigenvalue weighted by Crippen LogP contribution is 2.28. The van der Waals surface area contributed by atoms with E-state index in [1.54, 1.807) is 31.2 Å². The first kappa shape index (κ1) is 33.1. The van der Waals surface area contributed by atoms with Gasteiger partial charge < -0.3 is 15.0 Å². The third-order valence-electron chi connectivity index (χ3n) is 7.11. The number of hydrogen-bond donors (Lipinski definition) is 1. The molecule has 2 atom stereocenters. The Hall–Kier alpha value is -4.45. The second kappa shape index (κ2) is 14.6. The number of amides is 2. The summed E-state index contributed by atoms with van der Waals surface area (Å²) < 4.78 is 32.3. The maximum Gasteiger partial charge on any atom is 0.271 e. The highest BCUT2D eigenvalue weighted by molar-refractivity contribution is 7.92. The number of aryl methyl sites for hydroxylation is 1. The van der Waals surface area contributed by atoms with Crippen LogP contribution in [0, 0.1) is 17.0 Å². The van der Waals surface area contributed by atoms with E-state index in [2.05, 4.69) is 5.32 Å². The number of sulfonamides is 1. The molecule has 0 radical (unpaired) electrons. The molecule has 0 fully saturated rings. The Balaban J connectivity index is 2.13. The first-order valence-electron chi connectivity index (χ1n) is 13.8. The summed E-state index contributed by atoms with van der Waals surface area (Å²) >= 11 is 0. The molecule has 11 nitrogen and oxygen atoms in total. The van der Waals surface area contributed by atoms with Gasteiger partial charge in [-0.1, -0.05) is 55.5 Å².